The van der Waals surface area contributed by atoms with Crippen LogP contribution >= 0.6 is 0 Å². The van der Waals surface area contributed by atoms with Crippen LogP contribution in [0.2, 0.25) is 0 Å². The third-order valence-corrected chi connectivity index (χ3v) is 7.49. The van der Waals surface area contributed by atoms with Gasteiger partial charge in [-0.1, -0.05) is 38.1 Å². The molecule has 0 bridgehead atoms. The Kier molecular flexibility index (Phi) is 18.1. The van der Waals surface area contributed by atoms with Crippen LogP contribution < -0.4 is 0 Å². The first-order valence-electron chi connectivity index (χ1n) is 16.2. The summed E-state index contributed by atoms with van der Waals surface area (Å²) in [7, 11) is 2.01. The van der Waals surface area contributed by atoms with Crippen molar-refractivity contribution in [2.45, 2.75) is 77.9 Å². The van der Waals surface area contributed by atoms with E-state index in [4.69, 9.17) is 20.4 Å². The molecule has 0 fully saturated rings. The van der Waals surface area contributed by atoms with E-state index < -0.39 is 30.1 Å². The van der Waals surface area contributed by atoms with Gasteiger partial charge in [0.15, 0.2) is 12.2 Å². The molecule has 0 aliphatic rings. The highest BCUT2D eigenvalue weighted by Crippen LogP contribution is 2.14. The summed E-state index contributed by atoms with van der Waals surface area (Å²) < 4.78 is 2.04. The van der Waals surface area contributed by atoms with Crippen molar-refractivity contribution in [1.29, 1.82) is 0 Å². The van der Waals surface area contributed by atoms with Crippen LogP contribution in [0, 0.1) is 0 Å². The standard InChI is InChI=1S/C29H45N7O2.C4H6O6/c1-4-15-34(16-5-2)17-6-7-18-35(24-29(37)38)20-25-8-10-26(11-9-25)21-36(22-27-30-12-13-31-27)23-28-32-14-19-33(28)3;5-1(3(7)8)2(6)4(9)10/h8-14,19H,4-7,15-18,20-24H2,1-3H3,(H,30,31)(H,37,38);1-2,5-6H,(H,7,8)(H,9,10)/t;1-,2-/m.1/s1. The third kappa shape index (κ3) is 15.2. The van der Waals surface area contributed by atoms with Gasteiger partial charge in [-0.3, -0.25) is 14.6 Å². The highest BCUT2D eigenvalue weighted by molar-refractivity contribution is 5.83. The first kappa shape index (κ1) is 40.0. The summed E-state index contributed by atoms with van der Waals surface area (Å²) in [5.74, 6) is -2.38. The van der Waals surface area contributed by atoms with Crippen molar-refractivity contribution in [3.05, 3.63) is 71.8 Å². The van der Waals surface area contributed by atoms with Crippen molar-refractivity contribution in [2.24, 2.45) is 7.05 Å². The van der Waals surface area contributed by atoms with E-state index in [0.717, 1.165) is 62.8 Å². The van der Waals surface area contributed by atoms with Gasteiger partial charge in [0, 0.05) is 44.9 Å². The second kappa shape index (κ2) is 21.7. The van der Waals surface area contributed by atoms with Crippen LogP contribution in [0.15, 0.2) is 49.1 Å². The van der Waals surface area contributed by atoms with Crippen molar-refractivity contribution >= 4 is 17.9 Å². The number of aryl methyl sites for hydroxylation is 1. The number of nitrogens with zero attached hydrogens (tertiary/aromatic N) is 6. The molecule has 0 amide bonds. The summed E-state index contributed by atoms with van der Waals surface area (Å²) in [5, 5.41) is 42.0. The summed E-state index contributed by atoms with van der Waals surface area (Å²) in [6, 6.07) is 8.55. The van der Waals surface area contributed by atoms with E-state index in [9.17, 15) is 19.5 Å². The molecule has 0 aliphatic carbocycles. The van der Waals surface area contributed by atoms with Gasteiger partial charge < -0.3 is 40.0 Å². The molecule has 1 aromatic carbocycles. The van der Waals surface area contributed by atoms with E-state index in [2.05, 4.69) is 62.9 Å². The van der Waals surface area contributed by atoms with Crippen molar-refractivity contribution in [1.82, 2.24) is 34.2 Å². The number of benzene rings is 1. The highest BCUT2D eigenvalue weighted by Gasteiger charge is 2.29. The predicted molar refractivity (Wildman–Crippen MR) is 178 cm³/mol. The lowest BCUT2D eigenvalue weighted by molar-refractivity contribution is -0.165. The van der Waals surface area contributed by atoms with Gasteiger partial charge >= 0.3 is 17.9 Å². The van der Waals surface area contributed by atoms with E-state index in [-0.39, 0.29) is 6.54 Å². The number of aliphatic hydroxyl groups excluding tert-OH is 2. The molecule has 2 heterocycles. The minimum absolute atomic E-state index is 0.0655. The van der Waals surface area contributed by atoms with Crippen LogP contribution in [0.3, 0.4) is 0 Å². The maximum atomic E-state index is 11.5. The van der Waals surface area contributed by atoms with E-state index in [1.54, 1.807) is 6.20 Å². The van der Waals surface area contributed by atoms with Crippen molar-refractivity contribution in [3.8, 4) is 0 Å². The number of aliphatic hydroxyl groups is 2. The Morgan fingerprint density at radius 1 is 0.750 bits per heavy atom. The largest absolute Gasteiger partial charge is 0.480 e. The van der Waals surface area contributed by atoms with E-state index >= 15 is 0 Å². The fourth-order valence-corrected chi connectivity index (χ4v) is 5.09. The van der Waals surface area contributed by atoms with Crippen LogP contribution in [-0.4, -0.2) is 123 Å². The summed E-state index contributed by atoms with van der Waals surface area (Å²) in [6.07, 6.45) is 7.32. The molecule has 6 N–H and O–H groups in total. The molecule has 3 rings (SSSR count). The van der Waals surface area contributed by atoms with Gasteiger partial charge in [0.25, 0.3) is 0 Å². The molecule has 48 heavy (non-hydrogen) atoms. The molecule has 3 aromatic rings. The van der Waals surface area contributed by atoms with Gasteiger partial charge in [0.05, 0.1) is 19.6 Å². The zero-order valence-electron chi connectivity index (χ0n) is 28.1. The van der Waals surface area contributed by atoms with Crippen molar-refractivity contribution in [3.63, 3.8) is 0 Å². The lowest BCUT2D eigenvalue weighted by Gasteiger charge is -2.24. The lowest BCUT2D eigenvalue weighted by atomic mass is 10.1. The number of aromatic nitrogens is 4. The number of hydrogen-bond donors (Lipinski definition) is 6. The fraction of sp³-hybridized carbons (Fsp3) is 0.545. The number of carboxylic acid groups (broad SMARTS) is 3. The number of H-pyrrole nitrogens is 1. The van der Waals surface area contributed by atoms with Crippen LogP contribution in [0.25, 0.3) is 0 Å². The van der Waals surface area contributed by atoms with Gasteiger partial charge in [0.2, 0.25) is 0 Å². The molecule has 0 saturated carbocycles. The number of hydrogen-bond acceptors (Lipinski definition) is 10. The van der Waals surface area contributed by atoms with Crippen LogP contribution in [0.1, 0.15) is 62.3 Å². The van der Waals surface area contributed by atoms with Crippen LogP contribution in [-0.2, 0) is 47.6 Å². The van der Waals surface area contributed by atoms with E-state index in [1.165, 1.54) is 18.4 Å². The molecule has 0 spiro atoms. The molecular weight excluding hydrogens is 622 g/mol. The first-order valence-corrected chi connectivity index (χ1v) is 16.2. The topological polar surface area (TPSA) is 209 Å². The Morgan fingerprint density at radius 2 is 1.29 bits per heavy atom. The monoisotopic (exact) mass is 673 g/mol. The number of carboxylic acids is 3. The summed E-state index contributed by atoms with van der Waals surface area (Å²) in [4.78, 5) is 50.0. The van der Waals surface area contributed by atoms with Gasteiger partial charge in [-0.05, 0) is 63.0 Å². The average Bonchev–Trinajstić information content (AvgIpc) is 3.71. The Bertz CT molecular complexity index is 1330. The number of aliphatic carboxylic acids is 3. The first-order chi connectivity index (χ1) is 22.9. The molecule has 2 aromatic heterocycles. The Morgan fingerprint density at radius 3 is 1.73 bits per heavy atom. The third-order valence-electron chi connectivity index (χ3n) is 7.49. The molecular formula is C33H51N7O8. The maximum Gasteiger partial charge on any atom is 0.335 e. The summed E-state index contributed by atoms with van der Waals surface area (Å²) in [5.41, 5.74) is 2.33. The zero-order chi connectivity index (χ0) is 35.5. The number of imidazole rings is 2. The quantitative estimate of drug-likeness (QED) is 0.0845. The van der Waals surface area contributed by atoms with Gasteiger partial charge in [0.1, 0.15) is 11.6 Å². The lowest BCUT2D eigenvalue weighted by Crippen LogP contribution is -2.39. The summed E-state index contributed by atoms with van der Waals surface area (Å²) >= 11 is 0. The van der Waals surface area contributed by atoms with E-state index in [1.807, 2.05) is 35.1 Å². The number of rotatable bonds is 22. The SMILES string of the molecule is CCCN(CCC)CCCCN(CC(=O)O)Cc1ccc(CN(Cc2ncc[nH]2)Cc2nccn2C)cc1.O=C(O)[C@H](O)[C@@H](O)C(=O)O. The minimum Gasteiger partial charge on any atom is -0.480 e. The Hall–Kier alpha value is -4.15. The minimum atomic E-state index is -2.27. The zero-order valence-corrected chi connectivity index (χ0v) is 28.1. The van der Waals surface area contributed by atoms with Gasteiger partial charge in [-0.25, -0.2) is 19.6 Å². The number of nitrogens with one attached hydrogen (secondary N) is 1. The Labute approximate surface area is 281 Å². The van der Waals surface area contributed by atoms with Crippen molar-refractivity contribution in [2.75, 3.05) is 32.7 Å². The summed E-state index contributed by atoms with van der Waals surface area (Å²) in [6.45, 7) is 11.5. The fourth-order valence-electron chi connectivity index (χ4n) is 5.09. The normalized spacial score (nSPS) is 12.6. The number of unbranched alkanes of at least 4 members (excludes halogenated alkanes) is 1. The maximum absolute atomic E-state index is 11.5. The van der Waals surface area contributed by atoms with Gasteiger partial charge in [-0.2, -0.15) is 0 Å². The van der Waals surface area contributed by atoms with Gasteiger partial charge in [-0.15, -0.1) is 0 Å². The number of carbonyl (C=O) groups is 3. The molecule has 0 aliphatic heterocycles. The smallest absolute Gasteiger partial charge is 0.335 e. The molecule has 15 nitrogen and oxygen atoms in total. The molecule has 266 valence electrons. The average molecular weight is 674 g/mol. The Balaban J connectivity index is 0.000000692. The van der Waals surface area contributed by atoms with E-state index in [0.29, 0.717) is 19.6 Å². The molecule has 0 radical (unpaired) electrons. The van der Waals surface area contributed by atoms with Crippen LogP contribution in [0.4, 0.5) is 0 Å². The molecule has 15 heteroatoms. The van der Waals surface area contributed by atoms with Crippen LogP contribution in [0.5, 0.6) is 0 Å². The molecule has 0 saturated heterocycles. The predicted octanol–water partition coefficient (Wildman–Crippen LogP) is 2.01. The molecule has 2 atom stereocenters. The second-order valence-electron chi connectivity index (χ2n) is 11.7. The second-order valence-corrected chi connectivity index (χ2v) is 11.7. The molecule has 0 unspecified atom stereocenters. The highest BCUT2D eigenvalue weighted by atomic mass is 16.4. The number of aromatic amines is 1. The van der Waals surface area contributed by atoms with Crippen molar-refractivity contribution < 1.29 is 39.9 Å².